The summed E-state index contributed by atoms with van der Waals surface area (Å²) in [7, 11) is 2.12. The van der Waals surface area contributed by atoms with Gasteiger partial charge in [-0.3, -0.25) is 4.79 Å². The van der Waals surface area contributed by atoms with Gasteiger partial charge in [-0.05, 0) is 51.4 Å². The molecule has 0 spiro atoms. The van der Waals surface area contributed by atoms with Crippen LogP contribution in [0.4, 0.5) is 10.2 Å². The third-order valence-corrected chi connectivity index (χ3v) is 3.81. The molecule has 1 saturated heterocycles. The Kier molecular flexibility index (Phi) is 4.89. The zero-order chi connectivity index (χ0) is 14.5. The Labute approximate surface area is 118 Å². The van der Waals surface area contributed by atoms with Gasteiger partial charge in [-0.1, -0.05) is 0 Å². The molecule has 2 heterocycles. The van der Waals surface area contributed by atoms with Crippen LogP contribution in [0.1, 0.15) is 29.6 Å². The highest BCUT2D eigenvalue weighted by molar-refractivity contribution is 5.98. The van der Waals surface area contributed by atoms with Gasteiger partial charge in [0.25, 0.3) is 5.91 Å². The van der Waals surface area contributed by atoms with E-state index in [0.717, 1.165) is 44.6 Å². The first-order valence-electron chi connectivity index (χ1n) is 6.94. The molecule has 1 aromatic rings. The summed E-state index contributed by atoms with van der Waals surface area (Å²) in [5, 5.41) is 2.79. The van der Waals surface area contributed by atoms with Gasteiger partial charge in [0, 0.05) is 6.54 Å². The first-order valence-corrected chi connectivity index (χ1v) is 6.94. The molecule has 0 unspecified atom stereocenters. The molecule has 110 valence electrons. The van der Waals surface area contributed by atoms with Crippen LogP contribution in [0, 0.1) is 11.7 Å². The van der Waals surface area contributed by atoms with E-state index in [1.807, 2.05) is 0 Å². The number of hydrogen-bond acceptors (Lipinski definition) is 4. The van der Waals surface area contributed by atoms with Crippen molar-refractivity contribution in [1.82, 2.24) is 15.2 Å². The third-order valence-electron chi connectivity index (χ3n) is 3.81. The van der Waals surface area contributed by atoms with Gasteiger partial charge in [-0.15, -0.1) is 0 Å². The summed E-state index contributed by atoms with van der Waals surface area (Å²) in [6, 6.07) is 1.12. The van der Waals surface area contributed by atoms with Crippen LogP contribution in [0.3, 0.4) is 0 Å². The van der Waals surface area contributed by atoms with Crippen LogP contribution in [0.2, 0.25) is 0 Å². The number of aromatic nitrogens is 1. The van der Waals surface area contributed by atoms with E-state index in [1.54, 1.807) is 0 Å². The van der Waals surface area contributed by atoms with Gasteiger partial charge in [0.1, 0.15) is 11.6 Å². The average Bonchev–Trinajstić information content (AvgIpc) is 2.43. The number of pyridine rings is 1. The van der Waals surface area contributed by atoms with Gasteiger partial charge in [0.15, 0.2) is 0 Å². The van der Waals surface area contributed by atoms with Crippen molar-refractivity contribution in [3.05, 3.63) is 23.6 Å². The summed E-state index contributed by atoms with van der Waals surface area (Å²) >= 11 is 0. The van der Waals surface area contributed by atoms with Crippen LogP contribution in [-0.2, 0) is 0 Å². The minimum Gasteiger partial charge on any atom is -0.383 e. The number of nitrogens with one attached hydrogen (secondary N) is 1. The Hall–Kier alpha value is -1.69. The maximum atomic E-state index is 13.1. The fourth-order valence-electron chi connectivity index (χ4n) is 2.47. The number of carbonyl (C=O) groups excluding carboxylic acids is 1. The molecule has 0 radical (unpaired) electrons. The highest BCUT2D eigenvalue weighted by Gasteiger charge is 2.17. The van der Waals surface area contributed by atoms with E-state index in [0.29, 0.717) is 12.5 Å². The molecule has 1 aliphatic rings. The van der Waals surface area contributed by atoms with Gasteiger partial charge < -0.3 is 16.0 Å². The molecule has 6 heteroatoms. The van der Waals surface area contributed by atoms with Crippen LogP contribution in [0.25, 0.3) is 0 Å². The van der Waals surface area contributed by atoms with E-state index in [-0.39, 0.29) is 17.3 Å². The maximum Gasteiger partial charge on any atom is 0.255 e. The molecule has 1 aromatic heterocycles. The predicted molar refractivity (Wildman–Crippen MR) is 75.8 cm³/mol. The Bertz CT molecular complexity index is 472. The van der Waals surface area contributed by atoms with E-state index >= 15 is 0 Å². The predicted octanol–water partition coefficient (Wildman–Crippen LogP) is 1.26. The molecule has 2 rings (SSSR count). The quantitative estimate of drug-likeness (QED) is 0.871. The summed E-state index contributed by atoms with van der Waals surface area (Å²) in [6.45, 7) is 2.81. The van der Waals surface area contributed by atoms with Gasteiger partial charge in [-0.25, -0.2) is 9.37 Å². The first-order chi connectivity index (χ1) is 9.56. The standard InChI is InChI=1S/C14H21FN4O/c1-19-6-3-10(4-7-19)2-5-17-14(20)12-8-11(15)9-18-13(12)16/h8-10H,2-7H2,1H3,(H2,16,18)(H,17,20). The number of nitrogen functional groups attached to an aromatic ring is 1. The van der Waals surface area contributed by atoms with Crippen LogP contribution < -0.4 is 11.1 Å². The average molecular weight is 280 g/mol. The van der Waals surface area contributed by atoms with E-state index < -0.39 is 5.82 Å². The summed E-state index contributed by atoms with van der Waals surface area (Å²) < 4.78 is 13.1. The zero-order valence-electron chi connectivity index (χ0n) is 11.7. The fourth-order valence-corrected chi connectivity index (χ4v) is 2.47. The van der Waals surface area contributed by atoms with Gasteiger partial charge in [-0.2, -0.15) is 0 Å². The zero-order valence-corrected chi connectivity index (χ0v) is 11.7. The molecule has 0 bridgehead atoms. The van der Waals surface area contributed by atoms with Crippen LogP contribution in [0.5, 0.6) is 0 Å². The molecule has 0 atom stereocenters. The van der Waals surface area contributed by atoms with Crippen LogP contribution >= 0.6 is 0 Å². The second-order valence-electron chi connectivity index (χ2n) is 5.38. The number of halogens is 1. The molecule has 0 aromatic carbocycles. The van der Waals surface area contributed by atoms with Crippen LogP contribution in [0.15, 0.2) is 12.3 Å². The Morgan fingerprint density at radius 2 is 2.25 bits per heavy atom. The van der Waals surface area contributed by atoms with Crippen molar-refractivity contribution in [2.24, 2.45) is 5.92 Å². The van der Waals surface area contributed by atoms with E-state index in [2.05, 4.69) is 22.2 Å². The van der Waals surface area contributed by atoms with Crippen molar-refractivity contribution in [2.75, 3.05) is 32.4 Å². The molecule has 0 saturated carbocycles. The molecular weight excluding hydrogens is 259 g/mol. The lowest BCUT2D eigenvalue weighted by atomic mass is 9.94. The van der Waals surface area contributed by atoms with Crippen molar-refractivity contribution in [3.63, 3.8) is 0 Å². The van der Waals surface area contributed by atoms with Gasteiger partial charge in [0.2, 0.25) is 0 Å². The normalized spacial score (nSPS) is 17.1. The molecule has 3 N–H and O–H groups in total. The molecular formula is C14H21FN4O. The minimum absolute atomic E-state index is 0.0585. The molecule has 1 fully saturated rings. The number of rotatable bonds is 4. The van der Waals surface area contributed by atoms with Crippen LogP contribution in [-0.4, -0.2) is 42.5 Å². The lowest BCUT2D eigenvalue weighted by Gasteiger charge is -2.28. The second-order valence-corrected chi connectivity index (χ2v) is 5.38. The third kappa shape index (κ3) is 3.90. The summed E-state index contributed by atoms with van der Waals surface area (Å²) in [5.74, 6) is -0.209. The molecule has 1 aliphatic heterocycles. The highest BCUT2D eigenvalue weighted by Crippen LogP contribution is 2.18. The Morgan fingerprint density at radius 3 is 2.95 bits per heavy atom. The van der Waals surface area contributed by atoms with Crippen molar-refractivity contribution >= 4 is 11.7 Å². The van der Waals surface area contributed by atoms with Crippen molar-refractivity contribution in [3.8, 4) is 0 Å². The number of anilines is 1. The number of nitrogens with two attached hydrogens (primary N) is 1. The molecule has 1 amide bonds. The van der Waals surface area contributed by atoms with E-state index in [4.69, 9.17) is 5.73 Å². The topological polar surface area (TPSA) is 71.2 Å². The summed E-state index contributed by atoms with van der Waals surface area (Å²) in [5.41, 5.74) is 5.68. The molecule has 5 nitrogen and oxygen atoms in total. The molecule has 0 aliphatic carbocycles. The minimum atomic E-state index is -0.556. The largest absolute Gasteiger partial charge is 0.383 e. The van der Waals surface area contributed by atoms with Gasteiger partial charge >= 0.3 is 0 Å². The Balaban J connectivity index is 1.79. The lowest BCUT2D eigenvalue weighted by molar-refractivity contribution is 0.0949. The lowest BCUT2D eigenvalue weighted by Crippen LogP contribution is -2.33. The number of hydrogen-bond donors (Lipinski definition) is 2. The number of likely N-dealkylation sites (tertiary alicyclic amines) is 1. The Morgan fingerprint density at radius 1 is 1.55 bits per heavy atom. The maximum absolute atomic E-state index is 13.1. The second kappa shape index (κ2) is 6.65. The SMILES string of the molecule is CN1CCC(CCNC(=O)c2cc(F)cnc2N)CC1. The van der Waals surface area contributed by atoms with Gasteiger partial charge in [0.05, 0.1) is 11.8 Å². The van der Waals surface area contributed by atoms with E-state index in [1.165, 1.54) is 0 Å². The van der Waals surface area contributed by atoms with E-state index in [9.17, 15) is 9.18 Å². The molecule has 20 heavy (non-hydrogen) atoms. The summed E-state index contributed by atoms with van der Waals surface area (Å²) in [4.78, 5) is 17.9. The number of amides is 1. The van der Waals surface area contributed by atoms with Crippen molar-refractivity contribution in [2.45, 2.75) is 19.3 Å². The highest BCUT2D eigenvalue weighted by atomic mass is 19.1. The first kappa shape index (κ1) is 14.7. The monoisotopic (exact) mass is 280 g/mol. The smallest absolute Gasteiger partial charge is 0.255 e. The fraction of sp³-hybridized carbons (Fsp3) is 0.571. The number of carbonyl (C=O) groups is 1. The number of nitrogens with zero attached hydrogens (tertiary/aromatic N) is 2. The number of piperidine rings is 1. The van der Waals surface area contributed by atoms with Crippen molar-refractivity contribution < 1.29 is 9.18 Å². The van der Waals surface area contributed by atoms with Crippen molar-refractivity contribution in [1.29, 1.82) is 0 Å². The summed E-state index contributed by atoms with van der Waals surface area (Å²) in [6.07, 6.45) is 4.28.